The highest BCUT2D eigenvalue weighted by Gasteiger charge is 2.30. The van der Waals surface area contributed by atoms with Gasteiger partial charge in [-0.05, 0) is 25.0 Å². The Balaban J connectivity index is 1.37. The maximum atomic E-state index is 13.6. The number of nitrogens with zero attached hydrogens (tertiary/aromatic N) is 2. The first-order valence-electron chi connectivity index (χ1n) is 8.24. The molecule has 2 aliphatic rings. The van der Waals surface area contributed by atoms with Gasteiger partial charge in [0.2, 0.25) is 0 Å². The first kappa shape index (κ1) is 16.7. The number of benzene rings is 1. The molecule has 2 fully saturated rings. The SMILES string of the molecule is O=C(C1CCCO1)N1CCN(CCSc2ccccc2F)CC1. The second-order valence-electron chi connectivity index (χ2n) is 5.95. The molecule has 126 valence electrons. The Bertz CT molecular complexity index is 529. The van der Waals surface area contributed by atoms with Gasteiger partial charge in [-0.15, -0.1) is 11.8 Å². The number of ether oxygens (including phenoxy) is 1. The van der Waals surface area contributed by atoms with Gasteiger partial charge < -0.3 is 9.64 Å². The molecular formula is C17H23FN2O2S. The summed E-state index contributed by atoms with van der Waals surface area (Å²) in [5, 5.41) is 0. The van der Waals surface area contributed by atoms with Crippen molar-refractivity contribution < 1.29 is 13.9 Å². The number of carbonyl (C=O) groups is 1. The average molecular weight is 338 g/mol. The number of halogens is 1. The van der Waals surface area contributed by atoms with E-state index in [4.69, 9.17) is 4.74 Å². The van der Waals surface area contributed by atoms with Gasteiger partial charge in [0.05, 0.1) is 0 Å². The fourth-order valence-corrected chi connectivity index (χ4v) is 3.96. The Kier molecular flexibility index (Phi) is 5.91. The van der Waals surface area contributed by atoms with E-state index < -0.39 is 0 Å². The molecule has 1 atom stereocenters. The third-order valence-electron chi connectivity index (χ3n) is 4.39. The van der Waals surface area contributed by atoms with Crippen molar-refractivity contribution in [3.63, 3.8) is 0 Å². The maximum absolute atomic E-state index is 13.6. The van der Waals surface area contributed by atoms with Crippen LogP contribution < -0.4 is 0 Å². The highest BCUT2D eigenvalue weighted by atomic mass is 32.2. The lowest BCUT2D eigenvalue weighted by Crippen LogP contribution is -2.51. The summed E-state index contributed by atoms with van der Waals surface area (Å²) in [5.74, 6) is 0.869. The summed E-state index contributed by atoms with van der Waals surface area (Å²) in [6.07, 6.45) is 1.64. The number of carbonyl (C=O) groups excluding carboxylic acids is 1. The van der Waals surface area contributed by atoms with Crippen LogP contribution in [0.2, 0.25) is 0 Å². The predicted octanol–water partition coefficient (Wildman–Crippen LogP) is 2.24. The monoisotopic (exact) mass is 338 g/mol. The Hall–Kier alpha value is -1.11. The van der Waals surface area contributed by atoms with E-state index >= 15 is 0 Å². The first-order valence-corrected chi connectivity index (χ1v) is 9.22. The minimum Gasteiger partial charge on any atom is -0.368 e. The van der Waals surface area contributed by atoms with Crippen molar-refractivity contribution in [3.05, 3.63) is 30.1 Å². The summed E-state index contributed by atoms with van der Waals surface area (Å²) < 4.78 is 19.0. The van der Waals surface area contributed by atoms with Crippen molar-refractivity contribution in [2.75, 3.05) is 45.1 Å². The number of piperazine rings is 1. The quantitative estimate of drug-likeness (QED) is 0.771. The summed E-state index contributed by atoms with van der Waals surface area (Å²) in [6, 6.07) is 6.89. The van der Waals surface area contributed by atoms with Crippen LogP contribution in [0.1, 0.15) is 12.8 Å². The van der Waals surface area contributed by atoms with Gasteiger partial charge in [-0.1, -0.05) is 12.1 Å². The largest absolute Gasteiger partial charge is 0.368 e. The normalized spacial score (nSPS) is 22.5. The number of hydrogen-bond acceptors (Lipinski definition) is 4. The zero-order chi connectivity index (χ0) is 16.1. The molecule has 0 saturated carbocycles. The van der Waals surface area contributed by atoms with E-state index in [1.54, 1.807) is 17.8 Å². The van der Waals surface area contributed by atoms with Crippen molar-refractivity contribution in [3.8, 4) is 0 Å². The van der Waals surface area contributed by atoms with Crippen molar-refractivity contribution in [2.24, 2.45) is 0 Å². The summed E-state index contributed by atoms with van der Waals surface area (Å²) >= 11 is 1.55. The molecule has 0 radical (unpaired) electrons. The third-order valence-corrected chi connectivity index (χ3v) is 5.42. The van der Waals surface area contributed by atoms with Gasteiger partial charge in [0, 0.05) is 50.0 Å². The van der Waals surface area contributed by atoms with Gasteiger partial charge in [0.25, 0.3) is 5.91 Å². The lowest BCUT2D eigenvalue weighted by atomic mass is 10.2. The summed E-state index contributed by atoms with van der Waals surface area (Å²) in [7, 11) is 0. The van der Waals surface area contributed by atoms with E-state index in [1.807, 2.05) is 17.0 Å². The fraction of sp³-hybridized carbons (Fsp3) is 0.588. The van der Waals surface area contributed by atoms with E-state index in [1.165, 1.54) is 6.07 Å². The molecule has 0 N–H and O–H groups in total. The molecule has 1 unspecified atom stereocenters. The molecule has 2 heterocycles. The molecule has 3 rings (SSSR count). The zero-order valence-electron chi connectivity index (χ0n) is 13.2. The van der Waals surface area contributed by atoms with Crippen LogP contribution in [0.4, 0.5) is 4.39 Å². The summed E-state index contributed by atoms with van der Waals surface area (Å²) in [6.45, 7) is 4.93. The second kappa shape index (κ2) is 8.13. The number of hydrogen-bond donors (Lipinski definition) is 0. The molecule has 0 spiro atoms. The van der Waals surface area contributed by atoms with Crippen LogP contribution in [0, 0.1) is 5.82 Å². The van der Waals surface area contributed by atoms with Gasteiger partial charge >= 0.3 is 0 Å². The van der Waals surface area contributed by atoms with Gasteiger partial charge in [0.15, 0.2) is 0 Å². The van der Waals surface area contributed by atoms with Crippen molar-refractivity contribution in [2.45, 2.75) is 23.8 Å². The van der Waals surface area contributed by atoms with Crippen molar-refractivity contribution >= 4 is 17.7 Å². The Labute approximate surface area is 141 Å². The summed E-state index contributed by atoms with van der Waals surface area (Å²) in [5.41, 5.74) is 0. The minimum absolute atomic E-state index is 0.149. The summed E-state index contributed by atoms with van der Waals surface area (Å²) in [4.78, 5) is 17.3. The van der Waals surface area contributed by atoms with Crippen LogP contribution in [0.15, 0.2) is 29.2 Å². The third kappa shape index (κ3) is 4.46. The molecule has 1 amide bonds. The molecule has 4 nitrogen and oxygen atoms in total. The fourth-order valence-electron chi connectivity index (χ4n) is 3.01. The number of rotatable bonds is 5. The topological polar surface area (TPSA) is 32.8 Å². The van der Waals surface area contributed by atoms with Crippen LogP contribution in [0.3, 0.4) is 0 Å². The molecule has 23 heavy (non-hydrogen) atoms. The molecule has 1 aromatic rings. The first-order chi connectivity index (χ1) is 11.2. The molecule has 6 heteroatoms. The van der Waals surface area contributed by atoms with Crippen LogP contribution in [-0.2, 0) is 9.53 Å². The average Bonchev–Trinajstić information content (AvgIpc) is 3.11. The Morgan fingerprint density at radius 1 is 1.26 bits per heavy atom. The minimum atomic E-state index is -0.210. The van der Waals surface area contributed by atoms with E-state index in [9.17, 15) is 9.18 Å². The van der Waals surface area contributed by atoms with Crippen LogP contribution in [0.25, 0.3) is 0 Å². The van der Waals surface area contributed by atoms with E-state index in [0.717, 1.165) is 51.3 Å². The number of amides is 1. The molecule has 1 aromatic carbocycles. The molecule has 0 aliphatic carbocycles. The Morgan fingerprint density at radius 2 is 2.04 bits per heavy atom. The smallest absolute Gasteiger partial charge is 0.251 e. The lowest BCUT2D eigenvalue weighted by molar-refractivity contribution is -0.142. The standard InChI is InChI=1S/C17H23FN2O2S/c18-14-4-1-2-6-16(14)23-13-11-19-7-9-20(10-8-19)17(21)15-5-3-12-22-15/h1-2,4,6,15H,3,5,7-13H2. The van der Waals surface area contributed by atoms with Gasteiger partial charge in [-0.2, -0.15) is 0 Å². The van der Waals surface area contributed by atoms with Crippen LogP contribution in [-0.4, -0.2) is 66.9 Å². The second-order valence-corrected chi connectivity index (χ2v) is 7.08. The van der Waals surface area contributed by atoms with E-state index in [0.29, 0.717) is 11.5 Å². The van der Waals surface area contributed by atoms with Gasteiger partial charge in [-0.3, -0.25) is 9.69 Å². The molecule has 0 aromatic heterocycles. The lowest BCUT2D eigenvalue weighted by Gasteiger charge is -2.35. The zero-order valence-corrected chi connectivity index (χ0v) is 14.1. The van der Waals surface area contributed by atoms with Crippen molar-refractivity contribution in [1.29, 1.82) is 0 Å². The molecular weight excluding hydrogens is 315 g/mol. The van der Waals surface area contributed by atoms with Gasteiger partial charge in [-0.25, -0.2) is 4.39 Å². The maximum Gasteiger partial charge on any atom is 0.251 e. The number of thioether (sulfide) groups is 1. The molecule has 0 bridgehead atoms. The van der Waals surface area contributed by atoms with Crippen LogP contribution >= 0.6 is 11.8 Å². The van der Waals surface area contributed by atoms with Crippen molar-refractivity contribution in [1.82, 2.24) is 9.80 Å². The molecule has 2 aliphatic heterocycles. The highest BCUT2D eigenvalue weighted by molar-refractivity contribution is 7.99. The van der Waals surface area contributed by atoms with Crippen LogP contribution in [0.5, 0.6) is 0 Å². The van der Waals surface area contributed by atoms with E-state index in [-0.39, 0.29) is 17.8 Å². The molecule has 2 saturated heterocycles. The van der Waals surface area contributed by atoms with E-state index in [2.05, 4.69) is 4.90 Å². The van der Waals surface area contributed by atoms with Gasteiger partial charge in [0.1, 0.15) is 11.9 Å². The predicted molar refractivity (Wildman–Crippen MR) is 89.1 cm³/mol. The highest BCUT2D eigenvalue weighted by Crippen LogP contribution is 2.21. The Morgan fingerprint density at radius 3 is 2.74 bits per heavy atom.